The Hall–Kier alpha value is -2.43. The van der Waals surface area contributed by atoms with Gasteiger partial charge in [0.25, 0.3) is 0 Å². The van der Waals surface area contributed by atoms with Crippen LogP contribution in [0.3, 0.4) is 0 Å². The number of oxazole rings is 1. The molecule has 3 rings (SSSR count). The smallest absolute Gasteiger partial charge is 0.226 e. The van der Waals surface area contributed by atoms with E-state index >= 15 is 0 Å². The van der Waals surface area contributed by atoms with Gasteiger partial charge in [0.15, 0.2) is 0 Å². The molecule has 4 heteroatoms. The molecular weight excluding hydrogens is 312 g/mol. The Kier molecular flexibility index (Phi) is 5.64. The molecule has 0 radical (unpaired) electrons. The number of nitrogens with zero attached hydrogens (tertiary/aromatic N) is 2. The number of aromatic nitrogens is 1. The monoisotopic (exact) mass is 336 g/mol. The molecule has 25 heavy (non-hydrogen) atoms. The normalized spacial score (nSPS) is 11.2. The van der Waals surface area contributed by atoms with Crippen molar-refractivity contribution in [3.8, 4) is 22.6 Å². The summed E-state index contributed by atoms with van der Waals surface area (Å²) in [5.41, 5.74) is 4.36. The second-order valence-electron chi connectivity index (χ2n) is 6.20. The van der Waals surface area contributed by atoms with Gasteiger partial charge >= 0.3 is 0 Å². The molecule has 0 aliphatic rings. The number of ether oxygens (including phenoxy) is 1. The number of aryl methyl sites for hydroxylation is 1. The van der Waals surface area contributed by atoms with Gasteiger partial charge in [0.1, 0.15) is 5.76 Å². The van der Waals surface area contributed by atoms with E-state index in [1.807, 2.05) is 25.1 Å². The first kappa shape index (κ1) is 17.4. The van der Waals surface area contributed by atoms with Gasteiger partial charge in [0, 0.05) is 25.8 Å². The molecule has 130 valence electrons. The summed E-state index contributed by atoms with van der Waals surface area (Å²) in [6.07, 6.45) is 0. The van der Waals surface area contributed by atoms with Crippen molar-refractivity contribution in [3.63, 3.8) is 0 Å². The summed E-state index contributed by atoms with van der Waals surface area (Å²) in [5.74, 6) is 1.54. The van der Waals surface area contributed by atoms with Crippen LogP contribution < -0.4 is 0 Å². The lowest BCUT2D eigenvalue weighted by atomic mass is 10.0. The van der Waals surface area contributed by atoms with Gasteiger partial charge in [-0.25, -0.2) is 4.98 Å². The van der Waals surface area contributed by atoms with E-state index < -0.39 is 0 Å². The maximum Gasteiger partial charge on any atom is 0.226 e. The highest BCUT2D eigenvalue weighted by molar-refractivity contribution is 5.67. The van der Waals surface area contributed by atoms with Gasteiger partial charge in [-0.3, -0.25) is 4.90 Å². The van der Waals surface area contributed by atoms with Crippen molar-refractivity contribution in [1.29, 1.82) is 0 Å². The molecule has 2 aromatic carbocycles. The predicted octanol–water partition coefficient (Wildman–Crippen LogP) is 4.40. The van der Waals surface area contributed by atoms with Gasteiger partial charge < -0.3 is 9.15 Å². The number of hydrogen-bond donors (Lipinski definition) is 0. The van der Waals surface area contributed by atoms with E-state index in [4.69, 9.17) is 9.15 Å². The Morgan fingerprint density at radius 2 is 1.60 bits per heavy atom. The average Bonchev–Trinajstić information content (AvgIpc) is 3.01. The summed E-state index contributed by atoms with van der Waals surface area (Å²) < 4.78 is 11.0. The lowest BCUT2D eigenvalue weighted by Crippen LogP contribution is -2.22. The molecule has 0 N–H and O–H groups in total. The summed E-state index contributed by atoms with van der Waals surface area (Å²) in [5, 5.41) is 0. The number of hydrogen-bond acceptors (Lipinski definition) is 4. The molecular formula is C21H24N2O2. The van der Waals surface area contributed by atoms with Crippen LogP contribution in [0.5, 0.6) is 0 Å². The molecule has 0 saturated carbocycles. The lowest BCUT2D eigenvalue weighted by Gasteiger charge is -2.14. The molecule has 3 aromatic rings. The van der Waals surface area contributed by atoms with Crippen LogP contribution in [0.1, 0.15) is 11.5 Å². The Morgan fingerprint density at radius 1 is 0.960 bits per heavy atom. The molecule has 0 aliphatic heterocycles. The van der Waals surface area contributed by atoms with E-state index in [0.717, 1.165) is 30.1 Å². The van der Waals surface area contributed by atoms with Gasteiger partial charge in [-0.1, -0.05) is 42.5 Å². The van der Waals surface area contributed by atoms with E-state index in [1.54, 1.807) is 7.11 Å². The van der Waals surface area contributed by atoms with Crippen molar-refractivity contribution in [3.05, 3.63) is 66.1 Å². The zero-order chi connectivity index (χ0) is 17.6. The molecule has 0 atom stereocenters. The third kappa shape index (κ3) is 4.35. The van der Waals surface area contributed by atoms with Gasteiger partial charge in [-0.2, -0.15) is 0 Å². The van der Waals surface area contributed by atoms with Gasteiger partial charge in [-0.05, 0) is 37.2 Å². The number of methoxy groups -OCH3 is 1. The van der Waals surface area contributed by atoms with Gasteiger partial charge in [0.05, 0.1) is 12.3 Å². The number of likely N-dealkylation sites (N-methyl/N-ethyl adjacent to an activating group) is 1. The van der Waals surface area contributed by atoms with Crippen LogP contribution in [-0.2, 0) is 11.3 Å². The van der Waals surface area contributed by atoms with E-state index in [2.05, 4.69) is 53.3 Å². The summed E-state index contributed by atoms with van der Waals surface area (Å²) in [6.45, 7) is 4.29. The Balaban J connectivity index is 1.75. The Morgan fingerprint density at radius 3 is 2.28 bits per heavy atom. The average molecular weight is 336 g/mol. The molecule has 0 bridgehead atoms. The maximum atomic E-state index is 5.88. The highest BCUT2D eigenvalue weighted by Gasteiger charge is 2.13. The van der Waals surface area contributed by atoms with Crippen LogP contribution in [0.15, 0.2) is 59.0 Å². The van der Waals surface area contributed by atoms with E-state index in [1.165, 1.54) is 11.1 Å². The molecule has 4 nitrogen and oxygen atoms in total. The topological polar surface area (TPSA) is 38.5 Å². The van der Waals surface area contributed by atoms with Gasteiger partial charge in [0.2, 0.25) is 5.89 Å². The fraction of sp³-hybridized carbons (Fsp3) is 0.286. The van der Waals surface area contributed by atoms with Crippen molar-refractivity contribution >= 4 is 0 Å². The second kappa shape index (κ2) is 8.10. The number of rotatable bonds is 7. The minimum atomic E-state index is 0.673. The largest absolute Gasteiger partial charge is 0.441 e. The first-order chi connectivity index (χ1) is 12.2. The zero-order valence-electron chi connectivity index (χ0n) is 15.0. The molecule has 1 heterocycles. The molecule has 0 saturated heterocycles. The highest BCUT2D eigenvalue weighted by atomic mass is 16.5. The number of benzene rings is 2. The third-order valence-corrected chi connectivity index (χ3v) is 4.23. The molecule has 0 spiro atoms. The summed E-state index contributed by atoms with van der Waals surface area (Å²) in [7, 11) is 3.77. The molecule has 0 aliphatic carbocycles. The molecule has 0 unspecified atom stereocenters. The Labute approximate surface area is 149 Å². The van der Waals surface area contributed by atoms with E-state index in [9.17, 15) is 0 Å². The highest BCUT2D eigenvalue weighted by Crippen LogP contribution is 2.26. The van der Waals surface area contributed by atoms with Crippen LogP contribution in [0.25, 0.3) is 22.6 Å². The maximum absolute atomic E-state index is 5.88. The van der Waals surface area contributed by atoms with Crippen molar-refractivity contribution in [1.82, 2.24) is 9.88 Å². The zero-order valence-corrected chi connectivity index (χ0v) is 15.0. The fourth-order valence-corrected chi connectivity index (χ4v) is 2.72. The van der Waals surface area contributed by atoms with Gasteiger partial charge in [-0.15, -0.1) is 0 Å². The van der Waals surface area contributed by atoms with Crippen LogP contribution in [0, 0.1) is 6.92 Å². The summed E-state index contributed by atoms with van der Waals surface area (Å²) in [4.78, 5) is 6.86. The summed E-state index contributed by atoms with van der Waals surface area (Å²) in [6, 6.07) is 18.7. The predicted molar refractivity (Wildman–Crippen MR) is 100 cm³/mol. The van der Waals surface area contributed by atoms with E-state index in [0.29, 0.717) is 12.5 Å². The molecule has 0 amide bonds. The first-order valence-corrected chi connectivity index (χ1v) is 8.47. The lowest BCUT2D eigenvalue weighted by molar-refractivity contribution is 0.158. The van der Waals surface area contributed by atoms with Crippen LogP contribution >= 0.6 is 0 Å². The van der Waals surface area contributed by atoms with Crippen LogP contribution in [0.4, 0.5) is 0 Å². The van der Waals surface area contributed by atoms with Crippen LogP contribution in [-0.4, -0.2) is 37.2 Å². The van der Waals surface area contributed by atoms with Crippen molar-refractivity contribution in [2.24, 2.45) is 0 Å². The quantitative estimate of drug-likeness (QED) is 0.641. The third-order valence-electron chi connectivity index (χ3n) is 4.23. The van der Waals surface area contributed by atoms with Crippen molar-refractivity contribution < 1.29 is 9.15 Å². The van der Waals surface area contributed by atoms with E-state index in [-0.39, 0.29) is 0 Å². The Bertz CT molecular complexity index is 795. The fourth-order valence-electron chi connectivity index (χ4n) is 2.72. The van der Waals surface area contributed by atoms with Crippen molar-refractivity contribution in [2.75, 3.05) is 27.3 Å². The first-order valence-electron chi connectivity index (χ1n) is 8.47. The standard InChI is InChI=1S/C21H24N2O2/c1-16-20(15-23(2)13-14-24-3)22-21(25-16)19-11-9-18(10-12-19)17-7-5-4-6-8-17/h4-12H,13-15H2,1-3H3. The SMILES string of the molecule is COCCN(C)Cc1nc(-c2ccc(-c3ccccc3)cc2)oc1C. The van der Waals surface area contributed by atoms with Crippen LogP contribution in [0.2, 0.25) is 0 Å². The summed E-state index contributed by atoms with van der Waals surface area (Å²) >= 11 is 0. The minimum absolute atomic E-state index is 0.673. The molecule has 0 fully saturated rings. The second-order valence-corrected chi connectivity index (χ2v) is 6.20. The van der Waals surface area contributed by atoms with Crippen molar-refractivity contribution in [2.45, 2.75) is 13.5 Å². The minimum Gasteiger partial charge on any atom is -0.441 e. The molecule has 1 aromatic heterocycles.